The summed E-state index contributed by atoms with van der Waals surface area (Å²) in [6.45, 7) is 4.09. The van der Waals surface area contributed by atoms with Gasteiger partial charge < -0.3 is 4.74 Å². The van der Waals surface area contributed by atoms with E-state index in [4.69, 9.17) is 4.74 Å². The molecule has 0 amide bonds. The molecule has 3 aliphatic rings. The van der Waals surface area contributed by atoms with E-state index in [1.807, 2.05) is 13.8 Å². The van der Waals surface area contributed by atoms with E-state index in [0.29, 0.717) is 17.8 Å². The van der Waals surface area contributed by atoms with E-state index in [2.05, 4.69) is 12.2 Å². The van der Waals surface area contributed by atoms with Crippen molar-refractivity contribution in [3.8, 4) is 0 Å². The summed E-state index contributed by atoms with van der Waals surface area (Å²) in [5, 5.41) is 0. The van der Waals surface area contributed by atoms with Crippen LogP contribution in [0, 0.1) is 23.7 Å². The lowest BCUT2D eigenvalue weighted by Gasteiger charge is -2.28. The lowest BCUT2D eigenvalue weighted by atomic mass is 9.76. The van der Waals surface area contributed by atoms with Crippen molar-refractivity contribution in [2.75, 3.05) is 0 Å². The summed E-state index contributed by atoms with van der Waals surface area (Å²) in [6.07, 6.45) is 5.65. The fourth-order valence-corrected chi connectivity index (χ4v) is 3.49. The van der Waals surface area contributed by atoms with Crippen molar-refractivity contribution < 1.29 is 9.53 Å². The van der Waals surface area contributed by atoms with Crippen LogP contribution in [-0.2, 0) is 9.53 Å². The highest BCUT2D eigenvalue weighted by Crippen LogP contribution is 2.57. The molecule has 2 fully saturated rings. The number of rotatable bonds is 0. The second kappa shape index (κ2) is 1.99. The Morgan fingerprint density at radius 1 is 1.38 bits per heavy atom. The number of cyclic esters (lactones) is 1. The normalized spacial score (nSPS) is 49.5. The van der Waals surface area contributed by atoms with Gasteiger partial charge in [-0.25, -0.2) is 0 Å². The molecule has 4 unspecified atom stereocenters. The molecule has 0 aromatic heterocycles. The van der Waals surface area contributed by atoms with Gasteiger partial charge in [-0.05, 0) is 32.1 Å². The third kappa shape index (κ3) is 0.767. The number of carbonyl (C=O) groups is 1. The molecule has 13 heavy (non-hydrogen) atoms. The first-order valence-electron chi connectivity index (χ1n) is 5.01. The van der Waals surface area contributed by atoms with E-state index in [1.54, 1.807) is 0 Å². The van der Waals surface area contributed by atoms with Gasteiger partial charge in [-0.2, -0.15) is 0 Å². The van der Waals surface area contributed by atoms with Crippen molar-refractivity contribution in [2.24, 2.45) is 23.7 Å². The molecule has 0 aromatic carbocycles. The molecule has 3 rings (SSSR count). The van der Waals surface area contributed by atoms with E-state index in [9.17, 15) is 4.79 Å². The Hall–Kier alpha value is -0.790. The number of ether oxygens (including phenoxy) is 1. The predicted octanol–water partition coefficient (Wildman–Crippen LogP) is 1.76. The van der Waals surface area contributed by atoms with Crippen LogP contribution in [0.1, 0.15) is 20.3 Å². The Morgan fingerprint density at radius 3 is 2.77 bits per heavy atom. The van der Waals surface area contributed by atoms with Gasteiger partial charge in [0.15, 0.2) is 0 Å². The maximum Gasteiger partial charge on any atom is 0.310 e. The molecule has 0 N–H and O–H groups in total. The molecule has 2 nitrogen and oxygen atoms in total. The van der Waals surface area contributed by atoms with Gasteiger partial charge in [-0.15, -0.1) is 0 Å². The van der Waals surface area contributed by atoms with Crippen LogP contribution < -0.4 is 0 Å². The molecule has 1 heterocycles. The van der Waals surface area contributed by atoms with Gasteiger partial charge in [0.1, 0.15) is 5.60 Å². The van der Waals surface area contributed by atoms with Crippen molar-refractivity contribution in [3.05, 3.63) is 12.2 Å². The van der Waals surface area contributed by atoms with Crippen LogP contribution in [0.5, 0.6) is 0 Å². The Bertz CT molecular complexity index is 303. The first-order chi connectivity index (χ1) is 6.09. The number of hydrogen-bond donors (Lipinski definition) is 0. The maximum atomic E-state index is 11.6. The number of fused-ring (bicyclic) bond motifs is 5. The summed E-state index contributed by atoms with van der Waals surface area (Å²) < 4.78 is 5.42. The minimum atomic E-state index is -0.230. The van der Waals surface area contributed by atoms with Crippen LogP contribution in [0.4, 0.5) is 0 Å². The Labute approximate surface area is 78.0 Å². The minimum absolute atomic E-state index is 0.0341. The maximum absolute atomic E-state index is 11.6. The second-order valence-electron chi connectivity index (χ2n) is 5.02. The highest BCUT2D eigenvalue weighted by Gasteiger charge is 2.60. The Morgan fingerprint density at radius 2 is 2.08 bits per heavy atom. The Balaban J connectivity index is 2.06. The van der Waals surface area contributed by atoms with Gasteiger partial charge in [-0.3, -0.25) is 4.79 Å². The summed E-state index contributed by atoms with van der Waals surface area (Å²) >= 11 is 0. The average molecular weight is 178 g/mol. The van der Waals surface area contributed by atoms with Crippen molar-refractivity contribution in [1.82, 2.24) is 0 Å². The summed E-state index contributed by atoms with van der Waals surface area (Å²) in [5.41, 5.74) is -0.230. The van der Waals surface area contributed by atoms with Crippen LogP contribution in [-0.4, -0.2) is 11.6 Å². The topological polar surface area (TPSA) is 26.3 Å². The van der Waals surface area contributed by atoms with Gasteiger partial charge in [-0.1, -0.05) is 12.2 Å². The number of carbonyl (C=O) groups excluding carboxylic acids is 1. The Kier molecular flexibility index (Phi) is 1.17. The quantitative estimate of drug-likeness (QED) is 0.417. The fourth-order valence-electron chi connectivity index (χ4n) is 3.49. The zero-order valence-corrected chi connectivity index (χ0v) is 7.99. The molecule has 1 aliphatic heterocycles. The monoisotopic (exact) mass is 178 g/mol. The second-order valence-corrected chi connectivity index (χ2v) is 5.02. The molecule has 1 saturated heterocycles. The van der Waals surface area contributed by atoms with Crippen molar-refractivity contribution in [3.63, 3.8) is 0 Å². The number of esters is 1. The van der Waals surface area contributed by atoms with Crippen LogP contribution in [0.2, 0.25) is 0 Å². The largest absolute Gasteiger partial charge is 0.459 e. The summed E-state index contributed by atoms with van der Waals surface area (Å²) in [5.74, 6) is 1.72. The van der Waals surface area contributed by atoms with Crippen LogP contribution in [0.3, 0.4) is 0 Å². The van der Waals surface area contributed by atoms with Crippen LogP contribution in [0.25, 0.3) is 0 Å². The fraction of sp³-hybridized carbons (Fsp3) is 0.727. The first kappa shape index (κ1) is 7.60. The van der Waals surface area contributed by atoms with Gasteiger partial charge in [0.2, 0.25) is 0 Å². The molecule has 70 valence electrons. The van der Waals surface area contributed by atoms with E-state index in [-0.39, 0.29) is 17.5 Å². The van der Waals surface area contributed by atoms with Crippen molar-refractivity contribution in [1.29, 1.82) is 0 Å². The van der Waals surface area contributed by atoms with Crippen molar-refractivity contribution >= 4 is 5.97 Å². The van der Waals surface area contributed by atoms with E-state index in [1.165, 1.54) is 6.42 Å². The lowest BCUT2D eigenvalue weighted by molar-refractivity contribution is -0.149. The highest BCUT2D eigenvalue weighted by atomic mass is 16.6. The van der Waals surface area contributed by atoms with Gasteiger partial charge in [0, 0.05) is 5.92 Å². The number of hydrogen-bond acceptors (Lipinski definition) is 2. The van der Waals surface area contributed by atoms with Gasteiger partial charge in [0.05, 0.1) is 5.92 Å². The third-order valence-electron chi connectivity index (χ3n) is 3.90. The molecule has 2 bridgehead atoms. The zero-order chi connectivity index (χ0) is 9.22. The van der Waals surface area contributed by atoms with Gasteiger partial charge >= 0.3 is 5.97 Å². The van der Waals surface area contributed by atoms with Gasteiger partial charge in [0.25, 0.3) is 0 Å². The van der Waals surface area contributed by atoms with Crippen LogP contribution >= 0.6 is 0 Å². The van der Waals surface area contributed by atoms with Crippen LogP contribution in [0.15, 0.2) is 12.2 Å². The molecule has 0 radical (unpaired) electrons. The lowest BCUT2D eigenvalue weighted by Crippen LogP contribution is -2.32. The van der Waals surface area contributed by atoms with E-state index < -0.39 is 0 Å². The molecule has 1 saturated carbocycles. The molecular weight excluding hydrogens is 164 g/mol. The standard InChI is InChI=1S/C11H14O2/c1-11(2)9-7-4-3-6(5-7)8(9)10(12)13-11/h3-4,6-9H,5H2,1-2H3. The predicted molar refractivity (Wildman–Crippen MR) is 47.9 cm³/mol. The average Bonchev–Trinajstić information content (AvgIpc) is 2.63. The minimum Gasteiger partial charge on any atom is -0.459 e. The molecule has 0 aromatic rings. The number of allylic oxidation sites excluding steroid dienone is 2. The molecule has 4 atom stereocenters. The van der Waals surface area contributed by atoms with E-state index in [0.717, 1.165) is 0 Å². The third-order valence-corrected chi connectivity index (χ3v) is 3.90. The molecule has 0 spiro atoms. The summed E-state index contributed by atoms with van der Waals surface area (Å²) in [7, 11) is 0. The summed E-state index contributed by atoms with van der Waals surface area (Å²) in [6, 6.07) is 0. The summed E-state index contributed by atoms with van der Waals surface area (Å²) in [4.78, 5) is 11.6. The first-order valence-corrected chi connectivity index (χ1v) is 5.01. The molecule has 2 heteroatoms. The zero-order valence-electron chi connectivity index (χ0n) is 7.99. The molecule has 2 aliphatic carbocycles. The highest BCUT2D eigenvalue weighted by molar-refractivity contribution is 5.77. The smallest absolute Gasteiger partial charge is 0.310 e. The van der Waals surface area contributed by atoms with E-state index >= 15 is 0 Å². The van der Waals surface area contributed by atoms with Crippen molar-refractivity contribution in [2.45, 2.75) is 25.9 Å². The SMILES string of the molecule is CC1(C)OC(=O)C2C3C=CC(C3)C21. The molecular formula is C11H14O2.